The van der Waals surface area contributed by atoms with Crippen molar-refractivity contribution in [2.75, 3.05) is 52.5 Å². The molecule has 0 aromatic heterocycles. The fourth-order valence-corrected chi connectivity index (χ4v) is 3.19. The summed E-state index contributed by atoms with van der Waals surface area (Å²) in [5.74, 6) is 2.74. The highest BCUT2D eigenvalue weighted by Crippen LogP contribution is 2.28. The smallest absolute Gasteiger partial charge is 0.191 e. The second-order valence-electron chi connectivity index (χ2n) is 7.79. The van der Waals surface area contributed by atoms with Gasteiger partial charge in [0, 0.05) is 32.8 Å². The van der Waals surface area contributed by atoms with Crippen LogP contribution in [0.4, 0.5) is 0 Å². The highest BCUT2D eigenvalue weighted by Gasteiger charge is 2.20. The summed E-state index contributed by atoms with van der Waals surface area (Å²) in [4.78, 5) is 7.27. The molecular formula is C20H40N4O. The Morgan fingerprint density at radius 2 is 1.88 bits per heavy atom. The average Bonchev–Trinajstić information content (AvgIpc) is 3.43. The molecule has 0 unspecified atom stereocenters. The second kappa shape index (κ2) is 12.5. The monoisotopic (exact) mass is 352 g/mol. The molecule has 1 heterocycles. The van der Waals surface area contributed by atoms with Crippen molar-refractivity contribution < 1.29 is 4.74 Å². The number of nitrogens with one attached hydrogen (secondary N) is 2. The number of guanidine groups is 1. The van der Waals surface area contributed by atoms with Crippen molar-refractivity contribution >= 4 is 5.96 Å². The Kier molecular flexibility index (Phi) is 10.3. The van der Waals surface area contributed by atoms with Crippen molar-refractivity contribution in [2.45, 2.75) is 58.8 Å². The zero-order valence-electron chi connectivity index (χ0n) is 16.6. The van der Waals surface area contributed by atoms with Gasteiger partial charge in [-0.15, -0.1) is 0 Å². The third kappa shape index (κ3) is 10.0. The van der Waals surface area contributed by atoms with Gasteiger partial charge >= 0.3 is 0 Å². The Morgan fingerprint density at radius 3 is 2.60 bits per heavy atom. The van der Waals surface area contributed by atoms with Gasteiger partial charge in [0.15, 0.2) is 5.96 Å². The predicted octanol–water partition coefficient (Wildman–Crippen LogP) is 2.87. The van der Waals surface area contributed by atoms with Crippen LogP contribution >= 0.6 is 0 Å². The van der Waals surface area contributed by atoms with Crippen molar-refractivity contribution in [3.8, 4) is 0 Å². The number of likely N-dealkylation sites (tertiary alicyclic amines) is 1. The van der Waals surface area contributed by atoms with Crippen LogP contribution in [0, 0.1) is 11.8 Å². The first-order valence-electron chi connectivity index (χ1n) is 10.6. The van der Waals surface area contributed by atoms with E-state index in [-0.39, 0.29) is 0 Å². The van der Waals surface area contributed by atoms with Crippen LogP contribution in [0.25, 0.3) is 0 Å². The first-order valence-corrected chi connectivity index (χ1v) is 10.6. The predicted molar refractivity (Wildman–Crippen MR) is 106 cm³/mol. The lowest BCUT2D eigenvalue weighted by Crippen LogP contribution is -2.38. The fourth-order valence-electron chi connectivity index (χ4n) is 3.19. The van der Waals surface area contributed by atoms with E-state index in [1.54, 1.807) is 0 Å². The Bertz CT molecular complexity index is 363. The molecule has 0 aromatic carbocycles. The van der Waals surface area contributed by atoms with E-state index in [4.69, 9.17) is 4.74 Å². The van der Waals surface area contributed by atoms with E-state index in [1.807, 2.05) is 0 Å². The fraction of sp³-hybridized carbons (Fsp3) is 0.950. The second-order valence-corrected chi connectivity index (χ2v) is 7.79. The molecule has 1 saturated carbocycles. The minimum atomic E-state index is 0.839. The molecule has 2 N–H and O–H groups in total. The zero-order chi connectivity index (χ0) is 17.7. The van der Waals surface area contributed by atoms with Crippen molar-refractivity contribution in [2.24, 2.45) is 16.8 Å². The molecule has 0 aromatic rings. The molecule has 5 heteroatoms. The minimum Gasteiger partial charge on any atom is -0.381 e. The summed E-state index contributed by atoms with van der Waals surface area (Å²) in [5, 5.41) is 6.80. The van der Waals surface area contributed by atoms with Crippen LogP contribution in [-0.4, -0.2) is 63.3 Å². The molecule has 5 nitrogen and oxygen atoms in total. The standard InChI is InChI=1S/C20H40N4O/c1-3-21-20(23-12-6-16-25-17-19-7-8-19)22-11-4-5-13-24-14-9-18(2)10-15-24/h18-19H,3-17H2,1-2H3,(H2,21,22,23). The molecule has 0 bridgehead atoms. The maximum Gasteiger partial charge on any atom is 0.191 e. The first kappa shape index (κ1) is 20.5. The summed E-state index contributed by atoms with van der Waals surface area (Å²) in [5.41, 5.74) is 0. The molecule has 1 aliphatic carbocycles. The van der Waals surface area contributed by atoms with Crippen molar-refractivity contribution in [1.82, 2.24) is 15.5 Å². The van der Waals surface area contributed by atoms with Crippen LogP contribution in [-0.2, 0) is 4.74 Å². The molecule has 146 valence electrons. The lowest BCUT2D eigenvalue weighted by molar-refractivity contribution is 0.123. The summed E-state index contributed by atoms with van der Waals surface area (Å²) >= 11 is 0. The lowest BCUT2D eigenvalue weighted by atomic mass is 9.99. The van der Waals surface area contributed by atoms with Gasteiger partial charge in [-0.05, 0) is 83.3 Å². The molecular weight excluding hydrogens is 312 g/mol. The number of rotatable bonds is 12. The van der Waals surface area contributed by atoms with Crippen molar-refractivity contribution in [1.29, 1.82) is 0 Å². The topological polar surface area (TPSA) is 48.9 Å². The van der Waals surface area contributed by atoms with Gasteiger partial charge in [-0.25, -0.2) is 0 Å². The molecule has 2 rings (SSSR count). The van der Waals surface area contributed by atoms with Crippen LogP contribution in [0.2, 0.25) is 0 Å². The SMILES string of the molecule is CCNC(=NCCCOCC1CC1)NCCCCN1CCC(C)CC1. The third-order valence-corrected chi connectivity index (χ3v) is 5.18. The van der Waals surface area contributed by atoms with E-state index in [0.717, 1.165) is 57.1 Å². The summed E-state index contributed by atoms with van der Waals surface area (Å²) in [6.07, 6.45) is 8.97. The van der Waals surface area contributed by atoms with Crippen LogP contribution in [0.15, 0.2) is 4.99 Å². The van der Waals surface area contributed by atoms with E-state index >= 15 is 0 Å². The van der Waals surface area contributed by atoms with E-state index in [0.29, 0.717) is 0 Å². The third-order valence-electron chi connectivity index (χ3n) is 5.18. The van der Waals surface area contributed by atoms with Crippen LogP contribution in [0.5, 0.6) is 0 Å². The summed E-state index contributed by atoms with van der Waals surface area (Å²) in [7, 11) is 0. The van der Waals surface area contributed by atoms with Crippen molar-refractivity contribution in [3.63, 3.8) is 0 Å². The van der Waals surface area contributed by atoms with E-state index in [1.165, 1.54) is 58.2 Å². The molecule has 0 radical (unpaired) electrons. The summed E-state index contributed by atoms with van der Waals surface area (Å²) in [6, 6.07) is 0. The maximum atomic E-state index is 5.66. The Labute approximate surface area is 155 Å². The average molecular weight is 353 g/mol. The molecule has 2 aliphatic rings. The minimum absolute atomic E-state index is 0.839. The number of nitrogens with zero attached hydrogens (tertiary/aromatic N) is 2. The molecule has 0 atom stereocenters. The number of hydrogen-bond donors (Lipinski definition) is 2. The normalized spacial score (nSPS) is 20.0. The maximum absolute atomic E-state index is 5.66. The molecule has 1 saturated heterocycles. The largest absolute Gasteiger partial charge is 0.381 e. The quantitative estimate of drug-likeness (QED) is 0.322. The highest BCUT2D eigenvalue weighted by atomic mass is 16.5. The van der Waals surface area contributed by atoms with Gasteiger partial charge in [0.2, 0.25) is 0 Å². The van der Waals surface area contributed by atoms with Gasteiger partial charge in [-0.3, -0.25) is 4.99 Å². The van der Waals surface area contributed by atoms with Gasteiger partial charge in [-0.2, -0.15) is 0 Å². The number of piperidine rings is 1. The summed E-state index contributed by atoms with van der Waals surface area (Å²) < 4.78 is 5.66. The molecule has 1 aliphatic heterocycles. The number of hydrogen-bond acceptors (Lipinski definition) is 3. The van der Waals surface area contributed by atoms with Gasteiger partial charge in [0.05, 0.1) is 0 Å². The van der Waals surface area contributed by atoms with Gasteiger partial charge in [-0.1, -0.05) is 6.92 Å². The Balaban J connectivity index is 1.47. The van der Waals surface area contributed by atoms with E-state index < -0.39 is 0 Å². The van der Waals surface area contributed by atoms with Gasteiger partial charge < -0.3 is 20.3 Å². The van der Waals surface area contributed by atoms with Crippen LogP contribution in [0.1, 0.15) is 58.8 Å². The van der Waals surface area contributed by atoms with E-state index in [9.17, 15) is 0 Å². The molecule has 2 fully saturated rings. The molecule has 25 heavy (non-hydrogen) atoms. The van der Waals surface area contributed by atoms with Gasteiger partial charge in [0.25, 0.3) is 0 Å². The molecule has 0 amide bonds. The van der Waals surface area contributed by atoms with Crippen LogP contribution in [0.3, 0.4) is 0 Å². The number of ether oxygens (including phenoxy) is 1. The number of unbranched alkanes of at least 4 members (excludes halogenated alkanes) is 1. The Morgan fingerprint density at radius 1 is 1.08 bits per heavy atom. The first-order chi connectivity index (χ1) is 12.3. The summed E-state index contributed by atoms with van der Waals surface area (Å²) in [6.45, 7) is 12.9. The zero-order valence-corrected chi connectivity index (χ0v) is 16.6. The number of aliphatic imine (C=N–C) groups is 1. The Hall–Kier alpha value is -0.810. The van der Waals surface area contributed by atoms with Crippen LogP contribution < -0.4 is 10.6 Å². The lowest BCUT2D eigenvalue weighted by Gasteiger charge is -2.30. The van der Waals surface area contributed by atoms with E-state index in [2.05, 4.69) is 34.4 Å². The molecule has 0 spiro atoms. The highest BCUT2D eigenvalue weighted by molar-refractivity contribution is 5.79. The van der Waals surface area contributed by atoms with Gasteiger partial charge in [0.1, 0.15) is 0 Å². The van der Waals surface area contributed by atoms with Crippen molar-refractivity contribution in [3.05, 3.63) is 0 Å².